The number of amides is 1. The average molecular weight is 372 g/mol. The third-order valence-corrected chi connectivity index (χ3v) is 5.28. The van der Waals surface area contributed by atoms with Gasteiger partial charge in [0.1, 0.15) is 0 Å². The van der Waals surface area contributed by atoms with E-state index in [2.05, 4.69) is 35.8 Å². The zero-order chi connectivity index (χ0) is 18.5. The highest BCUT2D eigenvalue weighted by Gasteiger charge is 2.19. The van der Waals surface area contributed by atoms with Gasteiger partial charge in [-0.25, -0.2) is 0 Å². The molecule has 2 aromatic rings. The zero-order valence-corrected chi connectivity index (χ0v) is 16.1. The number of carbonyl (C=O) groups is 1. The SMILES string of the molecule is CSc1ccc(CN(C)C(C)C(=O)NCc2ccc3c(c2)OCO3)cc1. The lowest BCUT2D eigenvalue weighted by Crippen LogP contribution is -2.42. The Bertz CT molecular complexity index is 764. The zero-order valence-electron chi connectivity index (χ0n) is 15.3. The summed E-state index contributed by atoms with van der Waals surface area (Å²) < 4.78 is 10.7. The molecule has 0 bridgehead atoms. The van der Waals surface area contributed by atoms with Crippen LogP contribution >= 0.6 is 11.8 Å². The maximum Gasteiger partial charge on any atom is 0.237 e. The maximum absolute atomic E-state index is 12.5. The Morgan fingerprint density at radius 3 is 2.58 bits per heavy atom. The van der Waals surface area contributed by atoms with Crippen molar-refractivity contribution in [3.63, 3.8) is 0 Å². The van der Waals surface area contributed by atoms with Gasteiger partial charge in [0.15, 0.2) is 11.5 Å². The molecule has 0 spiro atoms. The molecule has 26 heavy (non-hydrogen) atoms. The van der Waals surface area contributed by atoms with Crippen LogP contribution in [0.2, 0.25) is 0 Å². The summed E-state index contributed by atoms with van der Waals surface area (Å²) >= 11 is 1.72. The third kappa shape index (κ3) is 4.51. The van der Waals surface area contributed by atoms with E-state index in [-0.39, 0.29) is 18.7 Å². The van der Waals surface area contributed by atoms with Gasteiger partial charge in [-0.05, 0) is 55.6 Å². The molecule has 1 N–H and O–H groups in total. The standard InChI is InChI=1S/C20H24N2O3S/c1-14(22(2)12-15-4-7-17(26-3)8-5-15)20(23)21-11-16-6-9-18-19(10-16)25-13-24-18/h4-10,14H,11-13H2,1-3H3,(H,21,23). The summed E-state index contributed by atoms with van der Waals surface area (Å²) in [5.41, 5.74) is 2.19. The molecule has 6 heteroatoms. The molecule has 2 aromatic carbocycles. The monoisotopic (exact) mass is 372 g/mol. The Hall–Kier alpha value is -2.18. The van der Waals surface area contributed by atoms with Crippen molar-refractivity contribution < 1.29 is 14.3 Å². The molecule has 0 radical (unpaired) electrons. The Morgan fingerprint density at radius 1 is 1.15 bits per heavy atom. The van der Waals surface area contributed by atoms with Crippen LogP contribution in [0, 0.1) is 0 Å². The van der Waals surface area contributed by atoms with E-state index in [1.807, 2.05) is 37.1 Å². The number of carbonyl (C=O) groups excluding carboxylic acids is 1. The fourth-order valence-electron chi connectivity index (χ4n) is 2.74. The molecule has 138 valence electrons. The molecular weight excluding hydrogens is 348 g/mol. The van der Waals surface area contributed by atoms with Gasteiger partial charge in [-0.2, -0.15) is 0 Å². The Labute approximate surface area is 158 Å². The summed E-state index contributed by atoms with van der Waals surface area (Å²) in [4.78, 5) is 15.8. The van der Waals surface area contributed by atoms with Crippen molar-refractivity contribution in [2.24, 2.45) is 0 Å². The van der Waals surface area contributed by atoms with Gasteiger partial charge in [-0.15, -0.1) is 11.8 Å². The van der Waals surface area contributed by atoms with Gasteiger partial charge >= 0.3 is 0 Å². The fourth-order valence-corrected chi connectivity index (χ4v) is 3.15. The smallest absolute Gasteiger partial charge is 0.237 e. The fraction of sp³-hybridized carbons (Fsp3) is 0.350. The Kier molecular flexibility index (Phi) is 6.06. The summed E-state index contributed by atoms with van der Waals surface area (Å²) in [6.07, 6.45) is 2.06. The van der Waals surface area contributed by atoms with Crippen LogP contribution in [0.4, 0.5) is 0 Å². The minimum Gasteiger partial charge on any atom is -0.454 e. The second kappa shape index (κ2) is 8.47. The van der Waals surface area contributed by atoms with Crippen LogP contribution in [-0.4, -0.2) is 36.9 Å². The topological polar surface area (TPSA) is 50.8 Å². The minimum absolute atomic E-state index is 0.00546. The number of nitrogens with one attached hydrogen (secondary N) is 1. The summed E-state index contributed by atoms with van der Waals surface area (Å²) in [5.74, 6) is 1.49. The van der Waals surface area contributed by atoms with Crippen LogP contribution in [0.15, 0.2) is 47.4 Å². The molecule has 1 unspecified atom stereocenters. The van der Waals surface area contributed by atoms with E-state index >= 15 is 0 Å². The van der Waals surface area contributed by atoms with Crippen LogP contribution in [0.1, 0.15) is 18.1 Å². The van der Waals surface area contributed by atoms with Crippen molar-refractivity contribution in [3.8, 4) is 11.5 Å². The molecule has 1 atom stereocenters. The lowest BCUT2D eigenvalue weighted by molar-refractivity contribution is -0.125. The molecule has 0 fully saturated rings. The van der Waals surface area contributed by atoms with Gasteiger partial charge in [0.25, 0.3) is 0 Å². The first-order chi connectivity index (χ1) is 12.6. The van der Waals surface area contributed by atoms with Crippen LogP contribution < -0.4 is 14.8 Å². The number of hydrogen-bond donors (Lipinski definition) is 1. The van der Waals surface area contributed by atoms with Crippen molar-refractivity contribution in [3.05, 3.63) is 53.6 Å². The molecule has 1 amide bonds. The quantitative estimate of drug-likeness (QED) is 0.756. The van der Waals surface area contributed by atoms with E-state index in [4.69, 9.17) is 9.47 Å². The number of hydrogen-bond acceptors (Lipinski definition) is 5. The Morgan fingerprint density at radius 2 is 1.85 bits per heavy atom. The average Bonchev–Trinajstić information content (AvgIpc) is 3.13. The highest BCUT2D eigenvalue weighted by atomic mass is 32.2. The minimum atomic E-state index is -0.218. The molecule has 3 rings (SSSR count). The maximum atomic E-state index is 12.5. The van der Waals surface area contributed by atoms with E-state index in [0.29, 0.717) is 6.54 Å². The summed E-state index contributed by atoms with van der Waals surface area (Å²) in [5, 5.41) is 2.99. The number of nitrogens with zero attached hydrogens (tertiary/aromatic N) is 1. The predicted octanol–water partition coefficient (Wildman–Crippen LogP) is 3.27. The van der Waals surface area contributed by atoms with Gasteiger partial charge in [0.05, 0.1) is 6.04 Å². The molecular formula is C20H24N2O3S. The molecule has 1 heterocycles. The number of ether oxygens (including phenoxy) is 2. The van der Waals surface area contributed by atoms with E-state index in [0.717, 1.165) is 23.6 Å². The van der Waals surface area contributed by atoms with Crippen molar-refractivity contribution in [2.75, 3.05) is 20.1 Å². The molecule has 1 aliphatic heterocycles. The molecule has 0 aliphatic carbocycles. The highest BCUT2D eigenvalue weighted by molar-refractivity contribution is 7.98. The normalized spacial score (nSPS) is 13.7. The van der Waals surface area contributed by atoms with Crippen LogP contribution in [0.25, 0.3) is 0 Å². The van der Waals surface area contributed by atoms with E-state index < -0.39 is 0 Å². The predicted molar refractivity (Wildman–Crippen MR) is 104 cm³/mol. The number of benzene rings is 2. The second-order valence-electron chi connectivity index (χ2n) is 6.34. The van der Waals surface area contributed by atoms with Gasteiger partial charge in [0.2, 0.25) is 12.7 Å². The van der Waals surface area contributed by atoms with E-state index in [1.54, 1.807) is 11.8 Å². The third-order valence-electron chi connectivity index (χ3n) is 4.54. The Balaban J connectivity index is 1.51. The van der Waals surface area contributed by atoms with Crippen molar-refractivity contribution in [1.82, 2.24) is 10.2 Å². The summed E-state index contributed by atoms with van der Waals surface area (Å²) in [6, 6.07) is 13.9. The van der Waals surface area contributed by atoms with Gasteiger partial charge in [0, 0.05) is 18.0 Å². The van der Waals surface area contributed by atoms with E-state index in [9.17, 15) is 4.79 Å². The van der Waals surface area contributed by atoms with Crippen LogP contribution in [0.3, 0.4) is 0 Å². The second-order valence-corrected chi connectivity index (χ2v) is 7.22. The largest absolute Gasteiger partial charge is 0.454 e. The summed E-state index contributed by atoms with van der Waals surface area (Å²) in [6.45, 7) is 3.37. The first kappa shape index (κ1) is 18.6. The molecule has 1 aliphatic rings. The summed E-state index contributed by atoms with van der Waals surface area (Å²) in [7, 11) is 1.97. The van der Waals surface area contributed by atoms with Gasteiger partial charge in [-0.3, -0.25) is 9.69 Å². The molecule has 0 aromatic heterocycles. The van der Waals surface area contributed by atoms with Crippen molar-refractivity contribution in [1.29, 1.82) is 0 Å². The lowest BCUT2D eigenvalue weighted by atomic mass is 10.1. The number of rotatable bonds is 7. The van der Waals surface area contributed by atoms with Crippen molar-refractivity contribution in [2.45, 2.75) is 31.0 Å². The van der Waals surface area contributed by atoms with Crippen LogP contribution in [0.5, 0.6) is 11.5 Å². The van der Waals surface area contributed by atoms with Gasteiger partial charge in [-0.1, -0.05) is 18.2 Å². The number of likely N-dealkylation sites (N-methyl/N-ethyl adjacent to an activating group) is 1. The lowest BCUT2D eigenvalue weighted by Gasteiger charge is -2.24. The molecule has 5 nitrogen and oxygen atoms in total. The first-order valence-electron chi connectivity index (χ1n) is 8.56. The molecule has 0 saturated carbocycles. The first-order valence-corrected chi connectivity index (χ1v) is 9.78. The van der Waals surface area contributed by atoms with Crippen LogP contribution in [-0.2, 0) is 17.9 Å². The molecule has 0 saturated heterocycles. The number of fused-ring (bicyclic) bond motifs is 1. The highest BCUT2D eigenvalue weighted by Crippen LogP contribution is 2.32. The van der Waals surface area contributed by atoms with Crippen molar-refractivity contribution >= 4 is 17.7 Å². The van der Waals surface area contributed by atoms with Gasteiger partial charge < -0.3 is 14.8 Å². The number of thioether (sulfide) groups is 1. The van der Waals surface area contributed by atoms with E-state index in [1.165, 1.54) is 10.5 Å².